The number of hydrogen-bond donors (Lipinski definition) is 0. The molecule has 0 aromatic heterocycles. The number of benzene rings is 1. The van der Waals surface area contributed by atoms with E-state index in [9.17, 15) is 14.4 Å². The van der Waals surface area contributed by atoms with Gasteiger partial charge in [-0.2, -0.15) is 0 Å². The van der Waals surface area contributed by atoms with Crippen LogP contribution in [0.1, 0.15) is 31.1 Å². The Morgan fingerprint density at radius 1 is 0.893 bits per heavy atom. The molecule has 0 N–H and O–H groups in total. The minimum atomic E-state index is -0.558. The number of alkyl halides is 2. The zero-order chi connectivity index (χ0) is 20.8. The third-order valence-corrected chi connectivity index (χ3v) is 5.17. The molecule has 0 spiro atoms. The van der Waals surface area contributed by atoms with E-state index in [1.165, 1.54) is 0 Å². The highest BCUT2D eigenvalue weighted by atomic mass is 35.5. The van der Waals surface area contributed by atoms with Crippen LogP contribution in [0.3, 0.4) is 0 Å². The fraction of sp³-hybridized carbons (Fsp3) is 0.381. The van der Waals surface area contributed by atoms with E-state index in [2.05, 4.69) is 0 Å². The van der Waals surface area contributed by atoms with Crippen molar-refractivity contribution in [3.05, 3.63) is 52.1 Å². The first-order chi connectivity index (χ1) is 13.3. The molecule has 0 radical (unpaired) electrons. The first-order valence-electron chi connectivity index (χ1n) is 8.92. The number of nitrogens with zero attached hydrogens (tertiary/aromatic N) is 1. The second-order valence-electron chi connectivity index (χ2n) is 6.50. The molecule has 0 unspecified atom stereocenters. The summed E-state index contributed by atoms with van der Waals surface area (Å²) in [6.45, 7) is 5.88. The molecule has 1 aliphatic carbocycles. The van der Waals surface area contributed by atoms with E-state index in [0.29, 0.717) is 47.1 Å². The molecule has 1 aromatic carbocycles. The van der Waals surface area contributed by atoms with Crippen molar-refractivity contribution in [2.24, 2.45) is 0 Å². The van der Waals surface area contributed by atoms with Crippen LogP contribution in [-0.2, 0) is 14.3 Å². The predicted molar refractivity (Wildman–Crippen MR) is 111 cm³/mol. The van der Waals surface area contributed by atoms with Gasteiger partial charge in [0.15, 0.2) is 11.6 Å². The van der Waals surface area contributed by atoms with Crippen LogP contribution in [0.5, 0.6) is 0 Å². The molecule has 0 heterocycles. The lowest BCUT2D eigenvalue weighted by atomic mass is 9.86. The smallest absolute Gasteiger partial charge is 0.338 e. The molecule has 7 heteroatoms. The van der Waals surface area contributed by atoms with Crippen molar-refractivity contribution in [2.45, 2.75) is 20.8 Å². The molecule has 5 nitrogen and oxygen atoms in total. The van der Waals surface area contributed by atoms with Crippen molar-refractivity contribution < 1.29 is 19.1 Å². The van der Waals surface area contributed by atoms with Gasteiger partial charge >= 0.3 is 5.97 Å². The molecular formula is C21H23Cl2NO4. The van der Waals surface area contributed by atoms with Crippen molar-refractivity contribution in [1.82, 2.24) is 0 Å². The summed E-state index contributed by atoms with van der Waals surface area (Å²) in [5, 5.41) is 0. The molecule has 2 rings (SSSR count). The van der Waals surface area contributed by atoms with Gasteiger partial charge in [0.2, 0.25) is 0 Å². The number of ether oxygens (including phenoxy) is 1. The number of allylic oxidation sites excluding steroid dienone is 3. The number of hydrogen-bond acceptors (Lipinski definition) is 5. The zero-order valence-corrected chi connectivity index (χ0v) is 17.7. The maximum absolute atomic E-state index is 12.4. The summed E-state index contributed by atoms with van der Waals surface area (Å²) in [7, 11) is 0. The molecule has 0 saturated carbocycles. The van der Waals surface area contributed by atoms with Gasteiger partial charge in [0, 0.05) is 52.8 Å². The van der Waals surface area contributed by atoms with E-state index in [1.807, 2.05) is 4.90 Å². The van der Waals surface area contributed by atoms with E-state index in [4.69, 9.17) is 27.9 Å². The molecule has 0 saturated heterocycles. The number of anilines is 1. The van der Waals surface area contributed by atoms with Gasteiger partial charge in [-0.25, -0.2) is 4.79 Å². The molecule has 1 aromatic rings. The van der Waals surface area contributed by atoms with Crippen molar-refractivity contribution >= 4 is 46.4 Å². The third-order valence-electron chi connectivity index (χ3n) is 4.84. The lowest BCUT2D eigenvalue weighted by molar-refractivity contribution is -0.116. The fourth-order valence-corrected chi connectivity index (χ4v) is 3.34. The van der Waals surface area contributed by atoms with Crippen LogP contribution in [0.2, 0.25) is 0 Å². The topological polar surface area (TPSA) is 63.7 Å². The first kappa shape index (κ1) is 22.2. The lowest BCUT2D eigenvalue weighted by Gasteiger charge is -2.23. The molecule has 0 aliphatic heterocycles. The highest BCUT2D eigenvalue weighted by Crippen LogP contribution is 2.24. The van der Waals surface area contributed by atoms with Crippen LogP contribution in [0.15, 0.2) is 46.6 Å². The van der Waals surface area contributed by atoms with Gasteiger partial charge in [-0.1, -0.05) is 0 Å². The van der Waals surface area contributed by atoms with Crippen LogP contribution in [-0.4, -0.2) is 49.0 Å². The SMILES string of the molecule is CC1=C(C)C(=O)C(COC(=O)c2ccc(N(CCCl)CCCl)cc2)=C(C)C1=O. The van der Waals surface area contributed by atoms with Crippen molar-refractivity contribution in [3.63, 3.8) is 0 Å². The summed E-state index contributed by atoms with van der Waals surface area (Å²) in [5.41, 5.74) is 2.65. The Morgan fingerprint density at radius 3 is 1.96 bits per heavy atom. The summed E-state index contributed by atoms with van der Waals surface area (Å²) in [6, 6.07) is 6.90. The molecule has 1 aliphatic rings. The Balaban J connectivity index is 2.07. The summed E-state index contributed by atoms with van der Waals surface area (Å²) in [4.78, 5) is 39.0. The van der Waals surface area contributed by atoms with E-state index in [-0.39, 0.29) is 23.7 Å². The van der Waals surface area contributed by atoms with E-state index >= 15 is 0 Å². The monoisotopic (exact) mass is 423 g/mol. The standard InChI is InChI=1S/C21H23Cl2NO4/c1-13-14(2)20(26)18(15(3)19(13)25)12-28-21(27)16-4-6-17(7-5-16)24(10-8-22)11-9-23/h4-7H,8-12H2,1-3H3. The van der Waals surface area contributed by atoms with Gasteiger partial charge in [0.05, 0.1) is 5.56 Å². The largest absolute Gasteiger partial charge is 0.457 e. The Bertz CT molecular complexity index is 834. The van der Waals surface area contributed by atoms with E-state index in [0.717, 1.165) is 5.69 Å². The third kappa shape index (κ3) is 4.83. The number of carbonyl (C=O) groups is 3. The van der Waals surface area contributed by atoms with Crippen molar-refractivity contribution in [2.75, 3.05) is 36.4 Å². The fourth-order valence-electron chi connectivity index (χ4n) is 2.93. The molecule has 28 heavy (non-hydrogen) atoms. The quantitative estimate of drug-likeness (QED) is 0.360. The zero-order valence-electron chi connectivity index (χ0n) is 16.2. The van der Waals surface area contributed by atoms with Crippen LogP contribution in [0, 0.1) is 0 Å². The second kappa shape index (κ2) is 9.89. The van der Waals surface area contributed by atoms with Gasteiger partial charge in [-0.15, -0.1) is 23.2 Å². The maximum atomic E-state index is 12.4. The highest BCUT2D eigenvalue weighted by molar-refractivity contribution is 6.24. The van der Waals surface area contributed by atoms with Gasteiger partial charge in [0.1, 0.15) is 6.61 Å². The van der Waals surface area contributed by atoms with E-state index in [1.54, 1.807) is 45.0 Å². The van der Waals surface area contributed by atoms with Crippen molar-refractivity contribution in [3.8, 4) is 0 Å². The lowest BCUT2D eigenvalue weighted by Crippen LogP contribution is -2.27. The first-order valence-corrected chi connectivity index (χ1v) is 9.99. The van der Waals surface area contributed by atoms with Crippen LogP contribution in [0.25, 0.3) is 0 Å². The summed E-state index contributed by atoms with van der Waals surface area (Å²) < 4.78 is 5.29. The van der Waals surface area contributed by atoms with Crippen LogP contribution in [0.4, 0.5) is 5.69 Å². The number of Topliss-reactive ketones (excluding diaryl/α,β-unsaturated/α-hetero) is 2. The number of carbonyl (C=O) groups excluding carboxylic acids is 3. The Morgan fingerprint density at radius 2 is 1.43 bits per heavy atom. The molecule has 0 atom stereocenters. The summed E-state index contributed by atoms with van der Waals surface area (Å²) in [6.07, 6.45) is 0. The van der Waals surface area contributed by atoms with Gasteiger partial charge in [-0.05, 0) is 45.0 Å². The average Bonchev–Trinajstić information content (AvgIpc) is 2.70. The summed E-state index contributed by atoms with van der Waals surface area (Å²) in [5.74, 6) is -0.0660. The Labute approximate surface area is 174 Å². The number of halogens is 2. The van der Waals surface area contributed by atoms with Crippen LogP contribution >= 0.6 is 23.2 Å². The summed E-state index contributed by atoms with van der Waals surface area (Å²) >= 11 is 11.6. The highest BCUT2D eigenvalue weighted by Gasteiger charge is 2.28. The number of esters is 1. The molecule has 150 valence electrons. The minimum absolute atomic E-state index is 0.189. The van der Waals surface area contributed by atoms with Gasteiger partial charge < -0.3 is 9.64 Å². The van der Waals surface area contributed by atoms with Crippen LogP contribution < -0.4 is 4.90 Å². The molecule has 0 amide bonds. The maximum Gasteiger partial charge on any atom is 0.338 e. The van der Waals surface area contributed by atoms with Crippen molar-refractivity contribution in [1.29, 1.82) is 0 Å². The van der Waals surface area contributed by atoms with Gasteiger partial charge in [-0.3, -0.25) is 9.59 Å². The normalized spacial score (nSPS) is 14.6. The molecule has 0 fully saturated rings. The molecule has 0 bridgehead atoms. The Kier molecular flexibility index (Phi) is 7.84. The number of ketones is 2. The minimum Gasteiger partial charge on any atom is -0.457 e. The number of rotatable bonds is 8. The van der Waals surface area contributed by atoms with Gasteiger partial charge in [0.25, 0.3) is 0 Å². The Hall–Kier alpha value is -2.11. The average molecular weight is 424 g/mol. The second-order valence-corrected chi connectivity index (χ2v) is 7.26. The predicted octanol–water partition coefficient (Wildman–Crippen LogP) is 3.93. The molecular weight excluding hydrogens is 401 g/mol. The van der Waals surface area contributed by atoms with E-state index < -0.39 is 5.97 Å².